The second-order valence-corrected chi connectivity index (χ2v) is 4.25. The maximum Gasteiger partial charge on any atom is 0.103 e. The van der Waals surface area contributed by atoms with Crippen molar-refractivity contribution in [2.24, 2.45) is 0 Å². The molecule has 0 aromatic carbocycles. The van der Waals surface area contributed by atoms with Gasteiger partial charge in [0.2, 0.25) is 0 Å². The lowest BCUT2D eigenvalue weighted by Gasteiger charge is -2.17. The van der Waals surface area contributed by atoms with Gasteiger partial charge in [-0.25, -0.2) is 0 Å². The van der Waals surface area contributed by atoms with Crippen LogP contribution >= 0.6 is 0 Å². The van der Waals surface area contributed by atoms with Gasteiger partial charge in [-0.3, -0.25) is 0 Å². The predicted molar refractivity (Wildman–Crippen MR) is 58.9 cm³/mol. The quantitative estimate of drug-likeness (QED) is 0.805. The van der Waals surface area contributed by atoms with Crippen LogP contribution in [0.15, 0.2) is 22.8 Å². The van der Waals surface area contributed by atoms with Crippen LogP contribution in [0.4, 0.5) is 0 Å². The number of nitrogens with one attached hydrogen (secondary N) is 1. The average Bonchev–Trinajstić information content (AvgIpc) is 2.86. The van der Waals surface area contributed by atoms with Crippen LogP contribution in [0.1, 0.15) is 25.5 Å². The van der Waals surface area contributed by atoms with Crippen molar-refractivity contribution in [2.75, 3.05) is 13.2 Å². The van der Waals surface area contributed by atoms with E-state index in [2.05, 4.69) is 12.2 Å². The molecule has 15 heavy (non-hydrogen) atoms. The summed E-state index contributed by atoms with van der Waals surface area (Å²) in [6.45, 7) is 3.99. The number of furan rings is 1. The summed E-state index contributed by atoms with van der Waals surface area (Å²) in [4.78, 5) is 0. The van der Waals surface area contributed by atoms with Gasteiger partial charge in [-0.2, -0.15) is 0 Å². The molecule has 3 heteroatoms. The molecule has 1 aliphatic heterocycles. The summed E-state index contributed by atoms with van der Waals surface area (Å²) in [7, 11) is 0. The van der Waals surface area contributed by atoms with E-state index in [0.29, 0.717) is 12.1 Å². The van der Waals surface area contributed by atoms with Gasteiger partial charge < -0.3 is 14.5 Å². The average molecular weight is 209 g/mol. The number of rotatable bonds is 5. The lowest BCUT2D eigenvalue weighted by Crippen LogP contribution is -2.37. The van der Waals surface area contributed by atoms with Crippen LogP contribution in [0.2, 0.25) is 0 Å². The Morgan fingerprint density at radius 2 is 2.53 bits per heavy atom. The summed E-state index contributed by atoms with van der Waals surface area (Å²) < 4.78 is 10.6. The molecule has 0 amide bonds. The maximum atomic E-state index is 5.33. The minimum atomic E-state index is 0.529. The van der Waals surface area contributed by atoms with Gasteiger partial charge in [-0.05, 0) is 31.9 Å². The van der Waals surface area contributed by atoms with E-state index in [9.17, 15) is 0 Å². The zero-order chi connectivity index (χ0) is 10.5. The molecule has 0 saturated carbocycles. The molecule has 1 aromatic rings. The molecule has 2 unspecified atom stereocenters. The topological polar surface area (TPSA) is 34.4 Å². The monoisotopic (exact) mass is 209 g/mol. The Balaban J connectivity index is 1.66. The molecule has 0 radical (unpaired) electrons. The van der Waals surface area contributed by atoms with Gasteiger partial charge in [0.25, 0.3) is 0 Å². The summed E-state index contributed by atoms with van der Waals surface area (Å²) in [6, 6.07) is 5.06. The van der Waals surface area contributed by atoms with E-state index in [4.69, 9.17) is 9.15 Å². The summed E-state index contributed by atoms with van der Waals surface area (Å²) in [5.41, 5.74) is 0. The van der Waals surface area contributed by atoms with E-state index < -0.39 is 0 Å². The SMILES string of the molecule is CC(CCc1ccco1)NC1CCOC1. The van der Waals surface area contributed by atoms with E-state index in [0.717, 1.165) is 38.2 Å². The zero-order valence-electron chi connectivity index (χ0n) is 9.24. The fourth-order valence-corrected chi connectivity index (χ4v) is 1.97. The fourth-order valence-electron chi connectivity index (χ4n) is 1.97. The van der Waals surface area contributed by atoms with E-state index in [1.54, 1.807) is 6.26 Å². The lowest BCUT2D eigenvalue weighted by atomic mass is 10.1. The van der Waals surface area contributed by atoms with Crippen LogP contribution in [-0.4, -0.2) is 25.3 Å². The molecular weight excluding hydrogens is 190 g/mol. The smallest absolute Gasteiger partial charge is 0.103 e. The standard InChI is InChI=1S/C12H19NO2/c1-10(13-11-6-8-14-9-11)4-5-12-3-2-7-15-12/h2-3,7,10-11,13H,4-6,8-9H2,1H3. The van der Waals surface area contributed by atoms with Crippen molar-refractivity contribution < 1.29 is 9.15 Å². The first kappa shape index (κ1) is 10.7. The molecule has 2 heterocycles. The van der Waals surface area contributed by atoms with Crippen molar-refractivity contribution in [3.63, 3.8) is 0 Å². The van der Waals surface area contributed by atoms with Gasteiger partial charge >= 0.3 is 0 Å². The van der Waals surface area contributed by atoms with Crippen LogP contribution < -0.4 is 5.32 Å². The highest BCUT2D eigenvalue weighted by atomic mass is 16.5. The van der Waals surface area contributed by atoms with E-state index in [1.165, 1.54) is 0 Å². The Bertz CT molecular complexity index is 265. The van der Waals surface area contributed by atoms with Crippen LogP contribution in [0.25, 0.3) is 0 Å². The molecule has 2 atom stereocenters. The normalized spacial score (nSPS) is 23.1. The zero-order valence-corrected chi connectivity index (χ0v) is 9.24. The van der Waals surface area contributed by atoms with Crippen molar-refractivity contribution in [3.05, 3.63) is 24.2 Å². The third kappa shape index (κ3) is 3.36. The highest BCUT2D eigenvalue weighted by Gasteiger charge is 2.17. The lowest BCUT2D eigenvalue weighted by molar-refractivity contribution is 0.188. The molecule has 84 valence electrons. The minimum absolute atomic E-state index is 0.529. The summed E-state index contributed by atoms with van der Waals surface area (Å²) in [6.07, 6.45) is 5.00. The molecule has 1 saturated heterocycles. The van der Waals surface area contributed by atoms with Crippen LogP contribution in [0.3, 0.4) is 0 Å². The molecule has 1 aromatic heterocycles. The second kappa shape index (κ2) is 5.33. The Labute approximate surface area is 90.8 Å². The first-order valence-electron chi connectivity index (χ1n) is 5.71. The van der Waals surface area contributed by atoms with Crippen LogP contribution in [-0.2, 0) is 11.2 Å². The Morgan fingerprint density at radius 3 is 3.20 bits per heavy atom. The van der Waals surface area contributed by atoms with Crippen LogP contribution in [0.5, 0.6) is 0 Å². The molecule has 3 nitrogen and oxygen atoms in total. The van der Waals surface area contributed by atoms with Crippen molar-refractivity contribution >= 4 is 0 Å². The molecule has 1 fully saturated rings. The van der Waals surface area contributed by atoms with Crippen molar-refractivity contribution in [1.82, 2.24) is 5.32 Å². The van der Waals surface area contributed by atoms with Crippen LogP contribution in [0, 0.1) is 0 Å². The second-order valence-electron chi connectivity index (χ2n) is 4.25. The Hall–Kier alpha value is -0.800. The highest BCUT2D eigenvalue weighted by Crippen LogP contribution is 2.09. The van der Waals surface area contributed by atoms with E-state index in [-0.39, 0.29) is 0 Å². The highest BCUT2D eigenvalue weighted by molar-refractivity contribution is 4.98. The molecule has 2 rings (SSSR count). The molecule has 0 spiro atoms. The van der Waals surface area contributed by atoms with Gasteiger partial charge in [0.1, 0.15) is 5.76 Å². The van der Waals surface area contributed by atoms with Crippen molar-refractivity contribution in [3.8, 4) is 0 Å². The molecule has 1 aliphatic rings. The first-order valence-corrected chi connectivity index (χ1v) is 5.71. The maximum absolute atomic E-state index is 5.33. The van der Waals surface area contributed by atoms with Gasteiger partial charge in [-0.1, -0.05) is 0 Å². The van der Waals surface area contributed by atoms with Crippen molar-refractivity contribution in [1.29, 1.82) is 0 Å². The molecule has 1 N–H and O–H groups in total. The fraction of sp³-hybridized carbons (Fsp3) is 0.667. The largest absolute Gasteiger partial charge is 0.469 e. The third-order valence-corrected chi connectivity index (χ3v) is 2.85. The van der Waals surface area contributed by atoms with Gasteiger partial charge in [0.05, 0.1) is 12.9 Å². The van der Waals surface area contributed by atoms with E-state index >= 15 is 0 Å². The van der Waals surface area contributed by atoms with E-state index in [1.807, 2.05) is 12.1 Å². The predicted octanol–water partition coefficient (Wildman–Crippen LogP) is 1.98. The summed E-state index contributed by atoms with van der Waals surface area (Å²) >= 11 is 0. The summed E-state index contributed by atoms with van der Waals surface area (Å²) in [5.74, 6) is 1.08. The molecular formula is C12H19NO2. The van der Waals surface area contributed by atoms with Crippen molar-refractivity contribution in [2.45, 2.75) is 38.3 Å². The van der Waals surface area contributed by atoms with Gasteiger partial charge in [0, 0.05) is 25.1 Å². The minimum Gasteiger partial charge on any atom is -0.469 e. The Morgan fingerprint density at radius 1 is 1.60 bits per heavy atom. The molecule has 0 bridgehead atoms. The third-order valence-electron chi connectivity index (χ3n) is 2.85. The first-order chi connectivity index (χ1) is 7.34. The Kier molecular flexibility index (Phi) is 3.80. The number of hydrogen-bond acceptors (Lipinski definition) is 3. The summed E-state index contributed by atoms with van der Waals surface area (Å²) in [5, 5.41) is 3.57. The molecule has 0 aliphatic carbocycles. The van der Waals surface area contributed by atoms with Gasteiger partial charge in [-0.15, -0.1) is 0 Å². The number of aryl methyl sites for hydroxylation is 1. The van der Waals surface area contributed by atoms with Gasteiger partial charge in [0.15, 0.2) is 0 Å². The number of hydrogen-bond donors (Lipinski definition) is 1. The number of ether oxygens (including phenoxy) is 1.